The molecule has 6 nitrogen and oxygen atoms in total. The predicted molar refractivity (Wildman–Crippen MR) is 82.2 cm³/mol. The topological polar surface area (TPSA) is 77.8 Å². The minimum Gasteiger partial charge on any atom is -0.550 e. The fourth-order valence-electron chi connectivity index (χ4n) is 3.69. The number of carbonyl (C=O) groups excluding carboxylic acids is 2. The molecule has 0 bridgehead atoms. The van der Waals surface area contributed by atoms with Crippen LogP contribution in [0.3, 0.4) is 0 Å². The molecule has 0 spiro atoms. The summed E-state index contributed by atoms with van der Waals surface area (Å²) in [5.41, 5.74) is 0. The van der Waals surface area contributed by atoms with Crippen LogP contribution in [-0.2, 0) is 9.59 Å². The lowest BCUT2D eigenvalue weighted by Crippen LogP contribution is -2.53. The van der Waals surface area contributed by atoms with Gasteiger partial charge in [0, 0.05) is 23.9 Å². The van der Waals surface area contributed by atoms with Gasteiger partial charge in [0.1, 0.15) is 13.1 Å². The van der Waals surface area contributed by atoms with Crippen molar-refractivity contribution in [3.63, 3.8) is 0 Å². The molecule has 1 aromatic rings. The maximum Gasteiger partial charge on any atom is 0.274 e. The Kier molecular flexibility index (Phi) is 4.79. The van der Waals surface area contributed by atoms with Crippen molar-refractivity contribution in [1.82, 2.24) is 4.90 Å². The summed E-state index contributed by atoms with van der Waals surface area (Å²) in [6.07, 6.45) is 4.93. The molecule has 0 aromatic carbocycles. The Morgan fingerprint density at radius 2 is 1.74 bits per heavy atom. The molecule has 1 aromatic heterocycles. The van der Waals surface area contributed by atoms with Crippen molar-refractivity contribution in [2.24, 2.45) is 11.8 Å². The van der Waals surface area contributed by atoms with Crippen molar-refractivity contribution >= 4 is 17.7 Å². The SMILES string of the molecule is O=C([O-])[C@@H]1CCCC[C@@H]1C(=O)N1CCN(c2cccc[nH+]2)CC1. The number of aromatic amines is 1. The molecule has 2 aliphatic rings. The summed E-state index contributed by atoms with van der Waals surface area (Å²) in [5.74, 6) is -1.04. The number of amides is 1. The van der Waals surface area contributed by atoms with E-state index >= 15 is 0 Å². The van der Waals surface area contributed by atoms with Crippen LogP contribution in [0.15, 0.2) is 24.4 Å². The van der Waals surface area contributed by atoms with Crippen LogP contribution < -0.4 is 15.0 Å². The Labute approximate surface area is 136 Å². The van der Waals surface area contributed by atoms with Gasteiger partial charge in [-0.05, 0) is 18.9 Å². The first-order chi connectivity index (χ1) is 11.2. The highest BCUT2D eigenvalue weighted by Crippen LogP contribution is 2.31. The number of aliphatic carboxylic acids is 1. The lowest BCUT2D eigenvalue weighted by molar-refractivity contribution is -0.364. The van der Waals surface area contributed by atoms with Gasteiger partial charge in [0.25, 0.3) is 5.82 Å². The lowest BCUT2D eigenvalue weighted by atomic mass is 9.78. The van der Waals surface area contributed by atoms with Crippen molar-refractivity contribution in [1.29, 1.82) is 0 Å². The van der Waals surface area contributed by atoms with Gasteiger partial charge in [-0.3, -0.25) is 9.69 Å². The maximum atomic E-state index is 12.7. The van der Waals surface area contributed by atoms with Gasteiger partial charge in [0.15, 0.2) is 0 Å². The van der Waals surface area contributed by atoms with Gasteiger partial charge >= 0.3 is 0 Å². The zero-order valence-electron chi connectivity index (χ0n) is 13.2. The fourth-order valence-corrected chi connectivity index (χ4v) is 3.69. The van der Waals surface area contributed by atoms with E-state index in [0.717, 1.165) is 31.7 Å². The molecule has 1 N–H and O–H groups in total. The first-order valence-corrected chi connectivity index (χ1v) is 8.38. The van der Waals surface area contributed by atoms with Gasteiger partial charge in [0.05, 0.1) is 19.3 Å². The summed E-state index contributed by atoms with van der Waals surface area (Å²) in [6.45, 7) is 2.79. The molecule has 2 fully saturated rings. The van der Waals surface area contributed by atoms with E-state index in [1.165, 1.54) is 0 Å². The molecule has 1 amide bonds. The molecule has 1 saturated carbocycles. The number of hydrogen-bond acceptors (Lipinski definition) is 4. The minimum atomic E-state index is -1.07. The molecule has 1 saturated heterocycles. The average molecular weight is 317 g/mol. The molecular formula is C17H23N3O3. The van der Waals surface area contributed by atoms with Crippen molar-refractivity contribution in [2.75, 3.05) is 31.1 Å². The third kappa shape index (κ3) is 3.46. The lowest BCUT2D eigenvalue weighted by Gasteiger charge is -2.37. The van der Waals surface area contributed by atoms with Gasteiger partial charge in [-0.25, -0.2) is 4.98 Å². The zero-order chi connectivity index (χ0) is 16.2. The van der Waals surface area contributed by atoms with Crippen molar-refractivity contribution in [3.8, 4) is 0 Å². The summed E-state index contributed by atoms with van der Waals surface area (Å²) in [7, 11) is 0. The number of H-pyrrole nitrogens is 1. The Morgan fingerprint density at radius 3 is 2.35 bits per heavy atom. The third-order valence-corrected chi connectivity index (χ3v) is 5.01. The number of carbonyl (C=O) groups is 2. The van der Waals surface area contributed by atoms with Crippen LogP contribution in [-0.4, -0.2) is 43.0 Å². The second-order valence-corrected chi connectivity index (χ2v) is 6.38. The van der Waals surface area contributed by atoms with Crippen molar-refractivity contribution in [2.45, 2.75) is 25.7 Å². The average Bonchev–Trinajstić information content (AvgIpc) is 2.62. The summed E-state index contributed by atoms with van der Waals surface area (Å²) >= 11 is 0. The van der Waals surface area contributed by atoms with Crippen LogP contribution in [0.25, 0.3) is 0 Å². The molecule has 0 radical (unpaired) electrons. The molecule has 1 aliphatic carbocycles. The molecule has 1 aliphatic heterocycles. The van der Waals surface area contributed by atoms with E-state index in [9.17, 15) is 14.7 Å². The number of anilines is 1. The third-order valence-electron chi connectivity index (χ3n) is 5.01. The van der Waals surface area contributed by atoms with Crippen molar-refractivity contribution in [3.05, 3.63) is 24.4 Å². The summed E-state index contributed by atoms with van der Waals surface area (Å²) in [6, 6.07) is 5.94. The molecular weight excluding hydrogens is 294 g/mol. The molecule has 2 heterocycles. The predicted octanol–water partition coefficient (Wildman–Crippen LogP) is -0.294. The number of nitrogens with one attached hydrogen (secondary N) is 1. The van der Waals surface area contributed by atoms with E-state index in [-0.39, 0.29) is 5.91 Å². The molecule has 2 atom stereocenters. The first-order valence-electron chi connectivity index (χ1n) is 8.38. The van der Waals surface area contributed by atoms with E-state index in [2.05, 4.69) is 9.88 Å². The highest BCUT2D eigenvalue weighted by atomic mass is 16.4. The van der Waals surface area contributed by atoms with Gasteiger partial charge in [-0.15, -0.1) is 0 Å². The van der Waals surface area contributed by atoms with Crippen LogP contribution in [0.4, 0.5) is 5.82 Å². The number of nitrogens with zero attached hydrogens (tertiary/aromatic N) is 2. The van der Waals surface area contributed by atoms with E-state index < -0.39 is 17.8 Å². The smallest absolute Gasteiger partial charge is 0.274 e. The number of carboxylic acids is 1. The normalized spacial score (nSPS) is 25.2. The summed E-state index contributed by atoms with van der Waals surface area (Å²) in [5, 5.41) is 11.3. The number of pyridine rings is 1. The number of hydrogen-bond donors (Lipinski definition) is 0. The minimum absolute atomic E-state index is 0.00408. The standard InChI is InChI=1S/C17H23N3O3/c21-16(13-5-1-2-6-14(13)17(22)23)20-11-9-19(10-12-20)15-7-3-4-8-18-15/h3-4,7-8,13-14H,1-2,5-6,9-12H2,(H,22,23)/t13-,14+/m0/s1. The first kappa shape index (κ1) is 15.8. The maximum absolute atomic E-state index is 12.7. The Hall–Kier alpha value is -2.11. The molecule has 0 unspecified atom stereocenters. The Bertz CT molecular complexity index is 555. The molecule has 6 heteroatoms. The van der Waals surface area contributed by atoms with Gasteiger partial charge < -0.3 is 14.8 Å². The fraction of sp³-hybridized carbons (Fsp3) is 0.588. The highest BCUT2D eigenvalue weighted by Gasteiger charge is 2.36. The zero-order valence-corrected chi connectivity index (χ0v) is 13.2. The van der Waals surface area contributed by atoms with Crippen LogP contribution in [0.2, 0.25) is 0 Å². The van der Waals surface area contributed by atoms with E-state index in [0.29, 0.717) is 25.9 Å². The monoisotopic (exact) mass is 317 g/mol. The van der Waals surface area contributed by atoms with Crippen molar-refractivity contribution < 1.29 is 19.7 Å². The van der Waals surface area contributed by atoms with Crippen LogP contribution in [0, 0.1) is 11.8 Å². The largest absolute Gasteiger partial charge is 0.550 e. The number of carboxylic acid groups (broad SMARTS) is 1. The van der Waals surface area contributed by atoms with E-state index in [1.54, 1.807) is 0 Å². The van der Waals surface area contributed by atoms with Gasteiger partial charge in [0.2, 0.25) is 5.91 Å². The molecule has 23 heavy (non-hydrogen) atoms. The summed E-state index contributed by atoms with van der Waals surface area (Å²) < 4.78 is 0. The van der Waals surface area contributed by atoms with E-state index in [4.69, 9.17) is 0 Å². The van der Waals surface area contributed by atoms with Gasteiger partial charge in [-0.2, -0.15) is 0 Å². The van der Waals surface area contributed by atoms with Crippen LogP contribution >= 0.6 is 0 Å². The number of rotatable bonds is 3. The number of aromatic nitrogens is 1. The Balaban J connectivity index is 1.60. The summed E-state index contributed by atoms with van der Waals surface area (Å²) in [4.78, 5) is 31.3. The molecule has 124 valence electrons. The Morgan fingerprint density at radius 1 is 1.04 bits per heavy atom. The second-order valence-electron chi connectivity index (χ2n) is 6.38. The number of piperazine rings is 1. The van der Waals surface area contributed by atoms with Crippen LogP contribution in [0.5, 0.6) is 0 Å². The van der Waals surface area contributed by atoms with Gasteiger partial charge in [-0.1, -0.05) is 18.9 Å². The van der Waals surface area contributed by atoms with Crippen LogP contribution in [0.1, 0.15) is 25.7 Å². The quantitative estimate of drug-likeness (QED) is 0.767. The highest BCUT2D eigenvalue weighted by molar-refractivity contribution is 5.84. The second kappa shape index (κ2) is 6.98. The van der Waals surface area contributed by atoms with E-state index in [1.807, 2.05) is 29.3 Å². The molecule has 3 rings (SSSR count).